The molecule has 0 spiro atoms. The van der Waals surface area contributed by atoms with E-state index in [9.17, 15) is 0 Å². The number of hydrogen-bond donors (Lipinski definition) is 1. The number of ether oxygens (including phenoxy) is 2. The van der Waals surface area contributed by atoms with E-state index in [1.807, 2.05) is 36.4 Å². The van der Waals surface area contributed by atoms with Crippen LogP contribution in [0.5, 0.6) is 5.75 Å². The van der Waals surface area contributed by atoms with Gasteiger partial charge in [0.2, 0.25) is 0 Å². The summed E-state index contributed by atoms with van der Waals surface area (Å²) in [6, 6.07) is 11.5. The molecular weight excluding hydrogens is 230 g/mol. The van der Waals surface area contributed by atoms with Crippen molar-refractivity contribution in [3.8, 4) is 5.75 Å². The first kappa shape index (κ1) is 12.7. The van der Waals surface area contributed by atoms with Gasteiger partial charge in [-0.05, 0) is 18.2 Å². The number of furan rings is 1. The van der Waals surface area contributed by atoms with Crippen molar-refractivity contribution in [2.75, 3.05) is 13.2 Å². The number of para-hydroxylation sites is 1. The third-order valence-electron chi connectivity index (χ3n) is 2.53. The molecule has 0 aliphatic carbocycles. The maximum absolute atomic E-state index is 5.56. The van der Waals surface area contributed by atoms with Gasteiger partial charge >= 0.3 is 0 Å². The normalized spacial score (nSPS) is 10.5. The summed E-state index contributed by atoms with van der Waals surface area (Å²) in [4.78, 5) is 0. The van der Waals surface area contributed by atoms with Gasteiger partial charge < -0.3 is 19.6 Å². The Labute approximate surface area is 106 Å². The smallest absolute Gasteiger partial charge is 0.133 e. The molecule has 18 heavy (non-hydrogen) atoms. The van der Waals surface area contributed by atoms with Crippen LogP contribution in [-0.4, -0.2) is 13.2 Å². The predicted octanol–water partition coefficient (Wildman–Crippen LogP) is 2.33. The first-order valence-electron chi connectivity index (χ1n) is 5.91. The van der Waals surface area contributed by atoms with Gasteiger partial charge in [0, 0.05) is 12.1 Å². The van der Waals surface area contributed by atoms with Crippen LogP contribution in [0.25, 0.3) is 0 Å². The molecule has 4 heteroatoms. The largest absolute Gasteiger partial charge is 0.491 e. The van der Waals surface area contributed by atoms with Crippen molar-refractivity contribution in [3.63, 3.8) is 0 Å². The molecule has 1 aromatic carbocycles. The fourth-order valence-electron chi connectivity index (χ4n) is 1.58. The molecule has 0 fully saturated rings. The molecule has 0 radical (unpaired) electrons. The number of hydrogen-bond acceptors (Lipinski definition) is 4. The lowest BCUT2D eigenvalue weighted by atomic mass is 10.2. The van der Waals surface area contributed by atoms with Gasteiger partial charge in [0.15, 0.2) is 0 Å². The Hall–Kier alpha value is -1.78. The number of rotatable bonds is 7. The molecule has 0 aliphatic rings. The van der Waals surface area contributed by atoms with Crippen LogP contribution in [-0.2, 0) is 17.9 Å². The van der Waals surface area contributed by atoms with E-state index >= 15 is 0 Å². The van der Waals surface area contributed by atoms with E-state index in [1.165, 1.54) is 0 Å². The molecular formula is C14H17NO3. The Kier molecular flexibility index (Phi) is 4.81. The van der Waals surface area contributed by atoms with Crippen molar-refractivity contribution in [1.82, 2.24) is 0 Å². The third kappa shape index (κ3) is 3.61. The second-order valence-electron chi connectivity index (χ2n) is 3.79. The molecule has 2 rings (SSSR count). The molecule has 4 nitrogen and oxygen atoms in total. The minimum absolute atomic E-state index is 0.428. The molecule has 1 aromatic heterocycles. The SMILES string of the molecule is NCc1ccoc1COCCOc1ccccc1. The van der Waals surface area contributed by atoms with Gasteiger partial charge in [-0.3, -0.25) is 0 Å². The quantitative estimate of drug-likeness (QED) is 0.763. The van der Waals surface area contributed by atoms with E-state index in [2.05, 4.69) is 0 Å². The molecule has 0 atom stereocenters. The minimum atomic E-state index is 0.428. The van der Waals surface area contributed by atoms with Crippen molar-refractivity contribution in [3.05, 3.63) is 54.0 Å². The summed E-state index contributed by atoms with van der Waals surface area (Å²) in [6.45, 7) is 1.93. The standard InChI is InChI=1S/C14H17NO3/c15-10-12-6-7-18-14(12)11-16-8-9-17-13-4-2-1-3-5-13/h1-7H,8-11,15H2. The average Bonchev–Trinajstić information content (AvgIpc) is 2.87. The van der Waals surface area contributed by atoms with Gasteiger partial charge in [-0.2, -0.15) is 0 Å². The summed E-state index contributed by atoms with van der Waals surface area (Å²) in [5.41, 5.74) is 6.55. The van der Waals surface area contributed by atoms with E-state index < -0.39 is 0 Å². The lowest BCUT2D eigenvalue weighted by Gasteiger charge is -2.06. The molecule has 2 N–H and O–H groups in total. The second kappa shape index (κ2) is 6.83. The Balaban J connectivity index is 1.65. The Morgan fingerprint density at radius 3 is 2.67 bits per heavy atom. The summed E-state index contributed by atoms with van der Waals surface area (Å²) in [6.07, 6.45) is 1.63. The number of nitrogens with two attached hydrogens (primary N) is 1. The molecule has 0 amide bonds. The first-order chi connectivity index (χ1) is 8.90. The van der Waals surface area contributed by atoms with E-state index in [-0.39, 0.29) is 0 Å². The molecule has 96 valence electrons. The highest BCUT2D eigenvalue weighted by Crippen LogP contribution is 2.11. The third-order valence-corrected chi connectivity index (χ3v) is 2.53. The zero-order valence-electron chi connectivity index (χ0n) is 10.2. The van der Waals surface area contributed by atoms with Crippen LogP contribution in [0.4, 0.5) is 0 Å². The zero-order valence-corrected chi connectivity index (χ0v) is 10.2. The highest BCUT2D eigenvalue weighted by Gasteiger charge is 2.04. The zero-order chi connectivity index (χ0) is 12.6. The molecule has 0 aliphatic heterocycles. The fraction of sp³-hybridized carbons (Fsp3) is 0.286. The van der Waals surface area contributed by atoms with Crippen LogP contribution in [0.2, 0.25) is 0 Å². The summed E-state index contributed by atoms with van der Waals surface area (Å²) in [7, 11) is 0. The lowest BCUT2D eigenvalue weighted by Crippen LogP contribution is -2.07. The summed E-state index contributed by atoms with van der Waals surface area (Å²) in [5.74, 6) is 1.64. The lowest BCUT2D eigenvalue weighted by molar-refractivity contribution is 0.0776. The predicted molar refractivity (Wildman–Crippen MR) is 68.2 cm³/mol. The van der Waals surface area contributed by atoms with Gasteiger partial charge in [0.25, 0.3) is 0 Å². The van der Waals surface area contributed by atoms with E-state index in [4.69, 9.17) is 19.6 Å². The maximum Gasteiger partial charge on any atom is 0.133 e. The molecule has 0 unspecified atom stereocenters. The highest BCUT2D eigenvalue weighted by molar-refractivity contribution is 5.20. The maximum atomic E-state index is 5.56. The molecule has 0 bridgehead atoms. The van der Waals surface area contributed by atoms with Crippen LogP contribution < -0.4 is 10.5 Å². The van der Waals surface area contributed by atoms with Crippen LogP contribution in [0.1, 0.15) is 11.3 Å². The average molecular weight is 247 g/mol. The van der Waals surface area contributed by atoms with Crippen molar-refractivity contribution < 1.29 is 13.9 Å². The fourth-order valence-corrected chi connectivity index (χ4v) is 1.58. The first-order valence-corrected chi connectivity index (χ1v) is 5.91. The van der Waals surface area contributed by atoms with Crippen molar-refractivity contribution >= 4 is 0 Å². The summed E-state index contributed by atoms with van der Waals surface area (Å²) < 4.78 is 16.2. The van der Waals surface area contributed by atoms with Gasteiger partial charge in [-0.15, -0.1) is 0 Å². The van der Waals surface area contributed by atoms with E-state index in [0.717, 1.165) is 17.1 Å². The molecule has 1 heterocycles. The number of benzene rings is 1. The van der Waals surface area contributed by atoms with Crippen LogP contribution in [0.3, 0.4) is 0 Å². The second-order valence-corrected chi connectivity index (χ2v) is 3.79. The Bertz CT molecular complexity index is 453. The Morgan fingerprint density at radius 1 is 1.06 bits per heavy atom. The van der Waals surface area contributed by atoms with Crippen LogP contribution in [0, 0.1) is 0 Å². The van der Waals surface area contributed by atoms with E-state index in [1.54, 1.807) is 6.26 Å². The van der Waals surface area contributed by atoms with Crippen LogP contribution >= 0.6 is 0 Å². The van der Waals surface area contributed by atoms with Crippen molar-refractivity contribution in [2.45, 2.75) is 13.2 Å². The van der Waals surface area contributed by atoms with Gasteiger partial charge in [0.05, 0.1) is 12.9 Å². The molecule has 0 saturated heterocycles. The highest BCUT2D eigenvalue weighted by atomic mass is 16.5. The van der Waals surface area contributed by atoms with Gasteiger partial charge in [-0.25, -0.2) is 0 Å². The summed E-state index contributed by atoms with van der Waals surface area (Å²) in [5, 5.41) is 0. The minimum Gasteiger partial charge on any atom is -0.491 e. The van der Waals surface area contributed by atoms with Crippen molar-refractivity contribution in [1.29, 1.82) is 0 Å². The summed E-state index contributed by atoms with van der Waals surface area (Å²) >= 11 is 0. The molecule has 0 saturated carbocycles. The molecule has 2 aromatic rings. The monoisotopic (exact) mass is 247 g/mol. The topological polar surface area (TPSA) is 57.6 Å². The Morgan fingerprint density at radius 2 is 1.89 bits per heavy atom. The van der Waals surface area contributed by atoms with Gasteiger partial charge in [-0.1, -0.05) is 18.2 Å². The van der Waals surface area contributed by atoms with Crippen molar-refractivity contribution in [2.24, 2.45) is 5.73 Å². The van der Waals surface area contributed by atoms with Crippen LogP contribution in [0.15, 0.2) is 47.1 Å². The van der Waals surface area contributed by atoms with Gasteiger partial charge in [0.1, 0.15) is 24.7 Å². The van der Waals surface area contributed by atoms with E-state index in [0.29, 0.717) is 26.4 Å².